The van der Waals surface area contributed by atoms with E-state index in [1.165, 1.54) is 44.9 Å². The number of hydrogen-bond acceptors (Lipinski definition) is 2. The second-order valence-electron chi connectivity index (χ2n) is 5.64. The van der Waals surface area contributed by atoms with Gasteiger partial charge in [-0.3, -0.25) is 4.79 Å². The van der Waals surface area contributed by atoms with Gasteiger partial charge in [-0.05, 0) is 51.0 Å². The first-order valence-electron chi connectivity index (χ1n) is 7.33. The molecule has 106 valence electrons. The monoisotopic (exact) mass is 274 g/mol. The van der Waals surface area contributed by atoms with Crippen LogP contribution in [-0.4, -0.2) is 24.5 Å². The Morgan fingerprint density at radius 1 is 1.17 bits per heavy atom. The minimum Gasteiger partial charge on any atom is -0.352 e. The zero-order valence-electron chi connectivity index (χ0n) is 11.4. The van der Waals surface area contributed by atoms with Crippen LogP contribution in [0.15, 0.2) is 0 Å². The number of carbonyl (C=O) groups is 1. The molecule has 0 aromatic rings. The standard InChI is InChI=1S/C14H26N2O.ClH/c1-2-11-6-8-12(9-7-11)16-14(17)13-5-3-4-10-15-13;/h11-13,15H,2-10H2,1H3,(H,16,17);1H. The van der Waals surface area contributed by atoms with Gasteiger partial charge in [0, 0.05) is 6.04 Å². The lowest BCUT2D eigenvalue weighted by Crippen LogP contribution is -2.50. The lowest BCUT2D eigenvalue weighted by molar-refractivity contribution is -0.124. The Hall–Kier alpha value is -0.280. The van der Waals surface area contributed by atoms with Gasteiger partial charge < -0.3 is 10.6 Å². The van der Waals surface area contributed by atoms with E-state index in [1.807, 2.05) is 0 Å². The van der Waals surface area contributed by atoms with Crippen molar-refractivity contribution in [2.45, 2.75) is 70.4 Å². The molecule has 1 unspecified atom stereocenters. The molecule has 0 aromatic carbocycles. The largest absolute Gasteiger partial charge is 0.352 e. The maximum absolute atomic E-state index is 12.0. The van der Waals surface area contributed by atoms with Gasteiger partial charge in [-0.1, -0.05) is 19.8 Å². The number of carbonyl (C=O) groups excluding carboxylic acids is 1. The summed E-state index contributed by atoms with van der Waals surface area (Å²) in [6, 6.07) is 0.515. The average molecular weight is 275 g/mol. The molecular formula is C14H27ClN2O. The van der Waals surface area contributed by atoms with E-state index in [9.17, 15) is 4.79 Å². The Labute approximate surface area is 117 Å². The van der Waals surface area contributed by atoms with Crippen LogP contribution in [0.25, 0.3) is 0 Å². The Morgan fingerprint density at radius 2 is 1.89 bits per heavy atom. The van der Waals surface area contributed by atoms with Gasteiger partial charge in [0.25, 0.3) is 0 Å². The van der Waals surface area contributed by atoms with Crippen LogP contribution in [0.2, 0.25) is 0 Å². The molecule has 2 rings (SSSR count). The molecule has 4 heteroatoms. The fraction of sp³-hybridized carbons (Fsp3) is 0.929. The number of rotatable bonds is 3. The molecule has 1 amide bonds. The highest BCUT2D eigenvalue weighted by Gasteiger charge is 2.25. The summed E-state index contributed by atoms with van der Waals surface area (Å²) in [6.45, 7) is 3.27. The molecule has 1 saturated heterocycles. The topological polar surface area (TPSA) is 41.1 Å². The van der Waals surface area contributed by atoms with Crippen LogP contribution in [0, 0.1) is 5.92 Å². The average Bonchev–Trinajstić information content (AvgIpc) is 2.40. The molecule has 18 heavy (non-hydrogen) atoms. The summed E-state index contributed by atoms with van der Waals surface area (Å²) < 4.78 is 0. The van der Waals surface area contributed by atoms with Crippen molar-refractivity contribution >= 4 is 18.3 Å². The zero-order valence-corrected chi connectivity index (χ0v) is 12.2. The van der Waals surface area contributed by atoms with Crippen molar-refractivity contribution in [3.8, 4) is 0 Å². The fourth-order valence-corrected chi connectivity index (χ4v) is 3.09. The Balaban J connectivity index is 0.00000162. The predicted octanol–water partition coefficient (Wildman–Crippen LogP) is 2.64. The molecule has 0 aromatic heterocycles. The SMILES string of the molecule is CCC1CCC(NC(=O)C2CCCCN2)CC1.Cl. The number of halogens is 1. The molecule has 1 atom stereocenters. The van der Waals surface area contributed by atoms with Gasteiger partial charge in [0.15, 0.2) is 0 Å². The van der Waals surface area contributed by atoms with Crippen LogP contribution in [0.3, 0.4) is 0 Å². The van der Waals surface area contributed by atoms with Crippen LogP contribution in [0.5, 0.6) is 0 Å². The third-order valence-electron chi connectivity index (χ3n) is 4.40. The highest BCUT2D eigenvalue weighted by molar-refractivity contribution is 5.85. The Bertz CT molecular complexity index is 246. The van der Waals surface area contributed by atoms with Gasteiger partial charge in [-0.25, -0.2) is 0 Å². The highest BCUT2D eigenvalue weighted by atomic mass is 35.5. The number of nitrogens with one attached hydrogen (secondary N) is 2. The molecular weight excluding hydrogens is 248 g/mol. The quantitative estimate of drug-likeness (QED) is 0.831. The summed E-state index contributed by atoms with van der Waals surface area (Å²) in [5, 5.41) is 6.55. The van der Waals surface area contributed by atoms with Crippen molar-refractivity contribution < 1.29 is 4.79 Å². The van der Waals surface area contributed by atoms with Crippen LogP contribution in [0.4, 0.5) is 0 Å². The Kier molecular flexibility index (Phi) is 7.02. The summed E-state index contributed by atoms with van der Waals surface area (Å²) in [4.78, 5) is 12.0. The third-order valence-corrected chi connectivity index (χ3v) is 4.40. The van der Waals surface area contributed by atoms with E-state index in [-0.39, 0.29) is 24.4 Å². The van der Waals surface area contributed by atoms with Crippen molar-refractivity contribution in [1.82, 2.24) is 10.6 Å². The number of piperidine rings is 1. The van der Waals surface area contributed by atoms with Gasteiger partial charge in [0.1, 0.15) is 0 Å². The first kappa shape index (κ1) is 15.8. The van der Waals surface area contributed by atoms with Crippen molar-refractivity contribution in [1.29, 1.82) is 0 Å². The second kappa shape index (κ2) is 8.00. The van der Waals surface area contributed by atoms with Gasteiger partial charge in [0.05, 0.1) is 6.04 Å². The van der Waals surface area contributed by atoms with E-state index in [1.54, 1.807) is 0 Å². The minimum atomic E-state index is 0. The van der Waals surface area contributed by atoms with E-state index in [4.69, 9.17) is 0 Å². The summed E-state index contributed by atoms with van der Waals surface area (Å²) in [5.74, 6) is 1.14. The smallest absolute Gasteiger partial charge is 0.237 e. The predicted molar refractivity (Wildman–Crippen MR) is 77.1 cm³/mol. The first-order valence-corrected chi connectivity index (χ1v) is 7.33. The van der Waals surface area contributed by atoms with Crippen molar-refractivity contribution in [2.24, 2.45) is 5.92 Å². The first-order chi connectivity index (χ1) is 8.29. The molecule has 2 N–H and O–H groups in total. The van der Waals surface area contributed by atoms with Crippen molar-refractivity contribution in [3.63, 3.8) is 0 Å². The number of hydrogen-bond donors (Lipinski definition) is 2. The molecule has 0 radical (unpaired) electrons. The van der Waals surface area contributed by atoms with Gasteiger partial charge in [-0.15, -0.1) is 12.4 Å². The maximum Gasteiger partial charge on any atom is 0.237 e. The van der Waals surface area contributed by atoms with E-state index in [0.29, 0.717) is 6.04 Å². The summed E-state index contributed by atoms with van der Waals surface area (Å²) >= 11 is 0. The van der Waals surface area contributed by atoms with Crippen molar-refractivity contribution in [2.75, 3.05) is 6.54 Å². The van der Waals surface area contributed by atoms with Crippen molar-refractivity contribution in [3.05, 3.63) is 0 Å². The second-order valence-corrected chi connectivity index (χ2v) is 5.64. The van der Waals surface area contributed by atoms with Crippen LogP contribution < -0.4 is 10.6 Å². The van der Waals surface area contributed by atoms with E-state index in [2.05, 4.69) is 17.6 Å². The van der Waals surface area contributed by atoms with Gasteiger partial charge in [-0.2, -0.15) is 0 Å². The van der Waals surface area contributed by atoms with Gasteiger partial charge >= 0.3 is 0 Å². The fourth-order valence-electron chi connectivity index (χ4n) is 3.09. The normalized spacial score (nSPS) is 32.4. The summed E-state index contributed by atoms with van der Waals surface area (Å²) in [5.41, 5.74) is 0. The molecule has 2 aliphatic rings. The maximum atomic E-state index is 12.0. The molecule has 3 nitrogen and oxygen atoms in total. The van der Waals surface area contributed by atoms with E-state index < -0.39 is 0 Å². The number of amides is 1. The minimum absolute atomic E-state index is 0. The summed E-state index contributed by atoms with van der Waals surface area (Å²) in [7, 11) is 0. The van der Waals surface area contributed by atoms with E-state index >= 15 is 0 Å². The third kappa shape index (κ3) is 4.43. The van der Waals surface area contributed by atoms with Crippen LogP contribution in [-0.2, 0) is 4.79 Å². The Morgan fingerprint density at radius 3 is 2.44 bits per heavy atom. The highest BCUT2D eigenvalue weighted by Crippen LogP contribution is 2.26. The molecule has 1 heterocycles. The molecule has 1 aliphatic heterocycles. The lowest BCUT2D eigenvalue weighted by atomic mass is 9.84. The molecule has 0 spiro atoms. The molecule has 1 aliphatic carbocycles. The van der Waals surface area contributed by atoms with E-state index in [0.717, 1.165) is 18.9 Å². The molecule has 1 saturated carbocycles. The van der Waals surface area contributed by atoms with Crippen LogP contribution >= 0.6 is 12.4 Å². The summed E-state index contributed by atoms with van der Waals surface area (Å²) in [6.07, 6.45) is 9.65. The molecule has 2 fully saturated rings. The molecule has 0 bridgehead atoms. The van der Waals surface area contributed by atoms with Gasteiger partial charge in [0.2, 0.25) is 5.91 Å². The van der Waals surface area contributed by atoms with Crippen LogP contribution in [0.1, 0.15) is 58.3 Å². The lowest BCUT2D eigenvalue weighted by Gasteiger charge is -2.30. The zero-order chi connectivity index (χ0) is 12.1.